The van der Waals surface area contributed by atoms with Gasteiger partial charge in [-0.1, -0.05) is 0 Å². The first-order valence-electron chi connectivity index (χ1n) is 5.51. The summed E-state index contributed by atoms with van der Waals surface area (Å²) < 4.78 is 0. The summed E-state index contributed by atoms with van der Waals surface area (Å²) in [4.78, 5) is 21.7. The minimum absolute atomic E-state index is 0.00264. The zero-order valence-electron chi connectivity index (χ0n) is 10.1. The largest absolute Gasteiger partial charge is 0.476 e. The van der Waals surface area contributed by atoms with Crippen molar-refractivity contribution in [3.8, 4) is 0 Å². The molecule has 2 aromatic rings. The van der Waals surface area contributed by atoms with Gasteiger partial charge in [-0.2, -0.15) is 0 Å². The molecule has 1 heterocycles. The lowest BCUT2D eigenvalue weighted by Crippen LogP contribution is -2.03. The molecule has 2 rings (SSSR count). The molecule has 6 heteroatoms. The maximum atomic E-state index is 11.1. The molecule has 1 aromatic carbocycles. The SMILES string of the molecule is CC(=O)c1ccc(Nc2ccc(C(=O)O)nn2)cc1. The Kier molecular flexibility index (Phi) is 3.51. The van der Waals surface area contributed by atoms with Crippen LogP contribution in [0.5, 0.6) is 0 Å². The summed E-state index contributed by atoms with van der Waals surface area (Å²) >= 11 is 0. The predicted octanol–water partition coefficient (Wildman–Crippen LogP) is 2.12. The molecule has 0 amide bonds. The van der Waals surface area contributed by atoms with E-state index in [-0.39, 0.29) is 11.5 Å². The quantitative estimate of drug-likeness (QED) is 0.815. The molecule has 0 fully saturated rings. The molecule has 0 atom stereocenters. The number of nitrogens with zero attached hydrogens (tertiary/aromatic N) is 2. The van der Waals surface area contributed by atoms with Crippen molar-refractivity contribution >= 4 is 23.3 Å². The van der Waals surface area contributed by atoms with Crippen LogP contribution >= 0.6 is 0 Å². The van der Waals surface area contributed by atoms with Crippen molar-refractivity contribution in [2.24, 2.45) is 0 Å². The molecular weight excluding hydrogens is 246 g/mol. The summed E-state index contributed by atoms with van der Waals surface area (Å²) in [6.45, 7) is 1.50. The Bertz CT molecular complexity index is 551. The highest BCUT2D eigenvalue weighted by atomic mass is 16.4. The highest BCUT2D eigenvalue weighted by Gasteiger charge is 2.05. The smallest absolute Gasteiger partial charge is 0.356 e. The Labute approximate surface area is 109 Å². The highest BCUT2D eigenvalue weighted by molar-refractivity contribution is 5.94. The average Bonchev–Trinajstić information content (AvgIpc) is 2.40. The lowest BCUT2D eigenvalue weighted by molar-refractivity contribution is 0.0689. The molecule has 0 spiro atoms. The Morgan fingerprint density at radius 1 is 1.05 bits per heavy atom. The Morgan fingerprint density at radius 2 is 1.74 bits per heavy atom. The van der Waals surface area contributed by atoms with Crippen LogP contribution in [-0.4, -0.2) is 27.1 Å². The van der Waals surface area contributed by atoms with Gasteiger partial charge in [0.2, 0.25) is 0 Å². The van der Waals surface area contributed by atoms with Gasteiger partial charge in [-0.05, 0) is 43.3 Å². The van der Waals surface area contributed by atoms with Gasteiger partial charge >= 0.3 is 5.97 Å². The van der Waals surface area contributed by atoms with Crippen molar-refractivity contribution in [1.29, 1.82) is 0 Å². The van der Waals surface area contributed by atoms with Crippen molar-refractivity contribution in [2.45, 2.75) is 6.92 Å². The first kappa shape index (κ1) is 12.7. The maximum absolute atomic E-state index is 11.1. The van der Waals surface area contributed by atoms with Crippen LogP contribution in [0.3, 0.4) is 0 Å². The third kappa shape index (κ3) is 3.12. The van der Waals surface area contributed by atoms with Crippen LogP contribution < -0.4 is 5.32 Å². The number of aromatic carboxylic acids is 1. The van der Waals surface area contributed by atoms with E-state index in [9.17, 15) is 9.59 Å². The molecule has 0 radical (unpaired) electrons. The average molecular weight is 257 g/mol. The van der Waals surface area contributed by atoms with Crippen LogP contribution in [0.4, 0.5) is 11.5 Å². The number of anilines is 2. The second-order valence-corrected chi connectivity index (χ2v) is 3.87. The zero-order chi connectivity index (χ0) is 13.8. The van der Waals surface area contributed by atoms with Gasteiger partial charge in [0.1, 0.15) is 0 Å². The topological polar surface area (TPSA) is 92.2 Å². The van der Waals surface area contributed by atoms with Crippen molar-refractivity contribution in [2.75, 3.05) is 5.32 Å². The summed E-state index contributed by atoms with van der Waals surface area (Å²) in [5.74, 6) is -0.692. The third-order valence-corrected chi connectivity index (χ3v) is 2.45. The molecule has 96 valence electrons. The predicted molar refractivity (Wildman–Crippen MR) is 68.7 cm³/mol. The van der Waals surface area contributed by atoms with Crippen molar-refractivity contribution < 1.29 is 14.7 Å². The number of benzene rings is 1. The van der Waals surface area contributed by atoms with Gasteiger partial charge < -0.3 is 10.4 Å². The molecule has 0 aliphatic carbocycles. The van der Waals surface area contributed by atoms with Gasteiger partial charge in [-0.3, -0.25) is 4.79 Å². The lowest BCUT2D eigenvalue weighted by atomic mass is 10.1. The van der Waals surface area contributed by atoms with Gasteiger partial charge in [-0.15, -0.1) is 10.2 Å². The molecule has 19 heavy (non-hydrogen) atoms. The Hall–Kier alpha value is -2.76. The van der Waals surface area contributed by atoms with Gasteiger partial charge in [0, 0.05) is 11.3 Å². The highest BCUT2D eigenvalue weighted by Crippen LogP contribution is 2.15. The first-order valence-corrected chi connectivity index (χ1v) is 5.51. The number of hydrogen-bond donors (Lipinski definition) is 2. The molecule has 6 nitrogen and oxygen atoms in total. The van der Waals surface area contributed by atoms with Crippen LogP contribution in [0.25, 0.3) is 0 Å². The molecule has 0 unspecified atom stereocenters. The summed E-state index contributed by atoms with van der Waals surface area (Å²) in [5, 5.41) is 18.9. The van der Waals surface area contributed by atoms with E-state index >= 15 is 0 Å². The fourth-order valence-electron chi connectivity index (χ4n) is 1.45. The van der Waals surface area contributed by atoms with E-state index in [4.69, 9.17) is 5.11 Å². The minimum atomic E-state index is -1.12. The number of aromatic nitrogens is 2. The van der Waals surface area contributed by atoms with E-state index in [1.54, 1.807) is 24.3 Å². The number of hydrogen-bond acceptors (Lipinski definition) is 5. The van der Waals surface area contributed by atoms with E-state index in [1.807, 2.05) is 0 Å². The normalized spacial score (nSPS) is 9.95. The fraction of sp³-hybridized carbons (Fsp3) is 0.0769. The number of carbonyl (C=O) groups excluding carboxylic acids is 1. The van der Waals surface area contributed by atoms with Crippen molar-refractivity contribution in [3.63, 3.8) is 0 Å². The summed E-state index contributed by atoms with van der Waals surface area (Å²) in [6.07, 6.45) is 0. The van der Waals surface area contributed by atoms with E-state index in [0.29, 0.717) is 11.4 Å². The number of nitrogens with one attached hydrogen (secondary N) is 1. The summed E-state index contributed by atoms with van der Waals surface area (Å²) in [7, 11) is 0. The third-order valence-electron chi connectivity index (χ3n) is 2.45. The van der Waals surface area contributed by atoms with Gasteiger partial charge in [0.25, 0.3) is 0 Å². The molecule has 0 saturated heterocycles. The number of rotatable bonds is 4. The first-order chi connectivity index (χ1) is 9.06. The Morgan fingerprint density at radius 3 is 2.21 bits per heavy atom. The van der Waals surface area contributed by atoms with Crippen LogP contribution in [0.15, 0.2) is 36.4 Å². The van der Waals surface area contributed by atoms with E-state index < -0.39 is 5.97 Å². The lowest BCUT2D eigenvalue weighted by Gasteiger charge is -2.05. The number of Topliss-reactive ketones (excluding diaryl/α,β-unsaturated/α-hetero) is 1. The second kappa shape index (κ2) is 5.26. The minimum Gasteiger partial charge on any atom is -0.476 e. The number of carbonyl (C=O) groups is 2. The van der Waals surface area contributed by atoms with E-state index in [0.717, 1.165) is 5.69 Å². The Balaban J connectivity index is 2.12. The van der Waals surface area contributed by atoms with Gasteiger partial charge in [0.15, 0.2) is 17.3 Å². The molecule has 0 saturated carbocycles. The van der Waals surface area contributed by atoms with Crippen LogP contribution in [0, 0.1) is 0 Å². The number of ketones is 1. The van der Waals surface area contributed by atoms with Crippen molar-refractivity contribution in [1.82, 2.24) is 10.2 Å². The standard InChI is InChI=1S/C13H11N3O3/c1-8(17)9-2-4-10(5-3-9)14-12-7-6-11(13(18)19)15-16-12/h2-7H,1H3,(H,14,16)(H,18,19). The molecular formula is C13H11N3O3. The molecule has 1 aromatic heterocycles. The molecule has 0 bridgehead atoms. The zero-order valence-corrected chi connectivity index (χ0v) is 10.1. The number of carboxylic acids is 1. The van der Waals surface area contributed by atoms with E-state index in [1.165, 1.54) is 19.1 Å². The van der Waals surface area contributed by atoms with E-state index in [2.05, 4.69) is 15.5 Å². The fourth-order valence-corrected chi connectivity index (χ4v) is 1.45. The van der Waals surface area contributed by atoms with Gasteiger partial charge in [-0.25, -0.2) is 4.79 Å². The van der Waals surface area contributed by atoms with Crippen molar-refractivity contribution in [3.05, 3.63) is 47.7 Å². The van der Waals surface area contributed by atoms with Crippen LogP contribution in [0.1, 0.15) is 27.8 Å². The monoisotopic (exact) mass is 257 g/mol. The summed E-state index contributed by atoms with van der Waals surface area (Å²) in [5.41, 5.74) is 1.25. The second-order valence-electron chi connectivity index (χ2n) is 3.87. The molecule has 2 N–H and O–H groups in total. The molecule has 0 aliphatic rings. The van der Waals surface area contributed by atoms with Crippen LogP contribution in [0.2, 0.25) is 0 Å². The molecule has 0 aliphatic heterocycles. The maximum Gasteiger partial charge on any atom is 0.356 e. The summed E-state index contributed by atoms with van der Waals surface area (Å²) in [6, 6.07) is 9.76. The van der Waals surface area contributed by atoms with Gasteiger partial charge in [0.05, 0.1) is 0 Å². The van der Waals surface area contributed by atoms with Crippen LogP contribution in [-0.2, 0) is 0 Å². The number of carboxylic acid groups (broad SMARTS) is 1.